The molecule has 0 N–H and O–H groups in total. The Morgan fingerprint density at radius 2 is 2.24 bits per heavy atom. The van der Waals surface area contributed by atoms with Crippen LogP contribution in [-0.4, -0.2) is 4.20 Å². The Labute approximate surface area is 118 Å². The second-order valence-electron chi connectivity index (χ2n) is 3.94. The highest BCUT2D eigenvalue weighted by molar-refractivity contribution is 8.11. The Kier molecular flexibility index (Phi) is 5.45. The van der Waals surface area contributed by atoms with Gasteiger partial charge >= 0.3 is 0 Å². The minimum absolute atomic E-state index is 0.00469. The van der Waals surface area contributed by atoms with Crippen LogP contribution in [0.2, 0.25) is 5.02 Å². The van der Waals surface area contributed by atoms with E-state index in [0.717, 1.165) is 23.1 Å². The molecule has 4 heteroatoms. The highest BCUT2D eigenvalue weighted by Crippen LogP contribution is 2.27. The van der Waals surface area contributed by atoms with Gasteiger partial charge in [0.15, 0.2) is 0 Å². The fourth-order valence-electron chi connectivity index (χ4n) is 1.73. The summed E-state index contributed by atoms with van der Waals surface area (Å²) in [6.45, 7) is 3.98. The van der Waals surface area contributed by atoms with Crippen LogP contribution >= 0.6 is 36.4 Å². The van der Waals surface area contributed by atoms with E-state index in [2.05, 4.69) is 18.7 Å². The van der Waals surface area contributed by atoms with E-state index in [-0.39, 0.29) is 5.92 Å². The fourth-order valence-corrected chi connectivity index (χ4v) is 2.48. The van der Waals surface area contributed by atoms with Gasteiger partial charge in [0.1, 0.15) is 0 Å². The molecule has 1 aromatic rings. The largest absolute Gasteiger partial charge is 0.198 e. The van der Waals surface area contributed by atoms with Gasteiger partial charge in [0.05, 0.1) is 16.2 Å². The van der Waals surface area contributed by atoms with E-state index in [1.165, 1.54) is 0 Å². The van der Waals surface area contributed by atoms with Crippen LogP contribution in [0.3, 0.4) is 0 Å². The molecule has 0 fully saturated rings. The summed E-state index contributed by atoms with van der Waals surface area (Å²) < 4.78 is 0.561. The van der Waals surface area contributed by atoms with Crippen molar-refractivity contribution in [3.8, 4) is 6.07 Å². The first-order valence-electron chi connectivity index (χ1n) is 5.42. The summed E-state index contributed by atoms with van der Waals surface area (Å²) >= 11 is 15.5. The predicted octanol–water partition coefficient (Wildman–Crippen LogP) is 4.35. The summed E-state index contributed by atoms with van der Waals surface area (Å²) in [6, 6.07) is 6.00. The van der Waals surface area contributed by atoms with Gasteiger partial charge in [0.2, 0.25) is 0 Å². The van der Waals surface area contributed by atoms with Gasteiger partial charge in [-0.1, -0.05) is 36.8 Å². The lowest BCUT2D eigenvalue weighted by Crippen LogP contribution is -2.05. The van der Waals surface area contributed by atoms with Crippen LogP contribution < -0.4 is 0 Å². The number of thiol groups is 1. The Bertz CT molecular complexity index is 477. The van der Waals surface area contributed by atoms with Crippen molar-refractivity contribution in [2.45, 2.75) is 26.7 Å². The van der Waals surface area contributed by atoms with E-state index in [1.54, 1.807) is 0 Å². The number of hydrogen-bond acceptors (Lipinski definition) is 2. The van der Waals surface area contributed by atoms with Crippen LogP contribution in [0, 0.1) is 24.2 Å². The molecule has 0 saturated carbocycles. The van der Waals surface area contributed by atoms with Crippen LogP contribution in [-0.2, 0) is 6.42 Å². The highest BCUT2D eigenvalue weighted by atomic mass is 35.5. The molecule has 17 heavy (non-hydrogen) atoms. The zero-order chi connectivity index (χ0) is 13.0. The molecular formula is C13H14ClNS2. The van der Waals surface area contributed by atoms with Gasteiger partial charge in [0.25, 0.3) is 0 Å². The van der Waals surface area contributed by atoms with E-state index in [1.807, 2.05) is 26.0 Å². The lowest BCUT2D eigenvalue weighted by molar-refractivity contribution is 0.636. The Balaban J connectivity index is 3.19. The van der Waals surface area contributed by atoms with Crippen molar-refractivity contribution in [1.82, 2.24) is 0 Å². The molecule has 0 aromatic heterocycles. The molecule has 0 radical (unpaired) electrons. The van der Waals surface area contributed by atoms with Crippen LogP contribution in [0.15, 0.2) is 12.1 Å². The molecule has 1 aromatic carbocycles. The predicted molar refractivity (Wildman–Crippen MR) is 80.0 cm³/mol. The van der Waals surface area contributed by atoms with Crippen molar-refractivity contribution in [3.63, 3.8) is 0 Å². The van der Waals surface area contributed by atoms with Crippen molar-refractivity contribution in [2.75, 3.05) is 0 Å². The molecule has 0 spiro atoms. The second-order valence-corrected chi connectivity index (χ2v) is 5.51. The van der Waals surface area contributed by atoms with Gasteiger partial charge in [-0.2, -0.15) is 5.26 Å². The van der Waals surface area contributed by atoms with Crippen molar-refractivity contribution >= 4 is 40.6 Å². The average Bonchev–Trinajstić information content (AvgIpc) is 2.29. The number of nitrogens with zero attached hydrogens (tertiary/aromatic N) is 1. The number of nitriles is 1. The Morgan fingerprint density at radius 1 is 1.59 bits per heavy atom. The van der Waals surface area contributed by atoms with Crippen LogP contribution in [0.5, 0.6) is 0 Å². The first-order chi connectivity index (χ1) is 8.01. The third-order valence-electron chi connectivity index (χ3n) is 2.90. The summed E-state index contributed by atoms with van der Waals surface area (Å²) in [4.78, 5) is 0. The van der Waals surface area contributed by atoms with Gasteiger partial charge < -0.3 is 0 Å². The molecule has 0 aliphatic heterocycles. The molecule has 1 unspecified atom stereocenters. The molecule has 0 bridgehead atoms. The molecule has 1 rings (SSSR count). The molecular weight excluding hydrogens is 270 g/mol. The maximum absolute atomic E-state index is 9.01. The molecule has 90 valence electrons. The number of halogens is 1. The summed E-state index contributed by atoms with van der Waals surface area (Å²) in [5.74, 6) is -0.00469. The third kappa shape index (κ3) is 3.45. The lowest BCUT2D eigenvalue weighted by Gasteiger charge is -2.14. The normalized spacial score (nSPS) is 11.9. The number of benzene rings is 1. The van der Waals surface area contributed by atoms with Gasteiger partial charge in [-0.25, -0.2) is 0 Å². The Morgan fingerprint density at radius 3 is 2.71 bits per heavy atom. The van der Waals surface area contributed by atoms with Gasteiger partial charge in [-0.3, -0.25) is 0 Å². The SMILES string of the molecule is CCC(C#N)Cc1c(Cl)ccc(C(=S)S)c1C. The highest BCUT2D eigenvalue weighted by Gasteiger charge is 2.14. The van der Waals surface area contributed by atoms with E-state index < -0.39 is 0 Å². The first-order valence-corrected chi connectivity index (χ1v) is 6.65. The summed E-state index contributed by atoms with van der Waals surface area (Å²) in [5.41, 5.74) is 2.97. The standard InChI is InChI=1S/C13H14ClNS2/c1-3-9(7-15)6-11-8(2)10(13(16)17)4-5-12(11)14/h4-5,9H,3,6H2,1-2H3,(H,16,17). The molecule has 0 saturated heterocycles. The fraction of sp³-hybridized carbons (Fsp3) is 0.385. The van der Waals surface area contributed by atoms with Crippen LogP contribution in [0.1, 0.15) is 30.0 Å². The zero-order valence-corrected chi connectivity index (χ0v) is 12.3. The lowest BCUT2D eigenvalue weighted by atomic mass is 9.93. The first kappa shape index (κ1) is 14.5. The van der Waals surface area contributed by atoms with Crippen LogP contribution in [0.25, 0.3) is 0 Å². The van der Waals surface area contributed by atoms with Gasteiger partial charge in [0, 0.05) is 10.6 Å². The minimum atomic E-state index is -0.00469. The quantitative estimate of drug-likeness (QED) is 0.656. The van der Waals surface area contributed by atoms with Crippen molar-refractivity contribution in [2.24, 2.45) is 5.92 Å². The minimum Gasteiger partial charge on any atom is -0.198 e. The Hall–Kier alpha value is -0.560. The van der Waals surface area contributed by atoms with E-state index in [4.69, 9.17) is 29.1 Å². The number of hydrogen-bond donors (Lipinski definition) is 1. The van der Waals surface area contributed by atoms with E-state index in [9.17, 15) is 0 Å². The summed E-state index contributed by atoms with van der Waals surface area (Å²) in [6.07, 6.45) is 1.49. The van der Waals surface area contributed by atoms with Crippen LogP contribution in [0.4, 0.5) is 0 Å². The van der Waals surface area contributed by atoms with E-state index >= 15 is 0 Å². The smallest absolute Gasteiger partial charge is 0.0750 e. The molecule has 0 heterocycles. The average molecular weight is 284 g/mol. The zero-order valence-electron chi connectivity index (χ0n) is 9.83. The molecule has 0 amide bonds. The van der Waals surface area contributed by atoms with Gasteiger partial charge in [-0.15, -0.1) is 12.6 Å². The van der Waals surface area contributed by atoms with Crippen molar-refractivity contribution in [1.29, 1.82) is 5.26 Å². The maximum Gasteiger partial charge on any atom is 0.0750 e. The molecule has 1 nitrogen and oxygen atoms in total. The molecule has 1 atom stereocenters. The monoisotopic (exact) mass is 283 g/mol. The van der Waals surface area contributed by atoms with Crippen molar-refractivity contribution < 1.29 is 0 Å². The maximum atomic E-state index is 9.01. The molecule has 0 aliphatic carbocycles. The second kappa shape index (κ2) is 6.39. The van der Waals surface area contributed by atoms with Crippen molar-refractivity contribution in [3.05, 3.63) is 33.8 Å². The molecule has 0 aliphatic rings. The third-order valence-corrected chi connectivity index (χ3v) is 3.71. The van der Waals surface area contributed by atoms with Gasteiger partial charge in [-0.05, 0) is 37.0 Å². The topological polar surface area (TPSA) is 23.8 Å². The summed E-state index contributed by atoms with van der Waals surface area (Å²) in [7, 11) is 0. The number of thiocarbonyl (C=S) groups is 1. The number of rotatable bonds is 4. The van der Waals surface area contributed by atoms with E-state index in [0.29, 0.717) is 15.6 Å². The summed E-state index contributed by atoms with van der Waals surface area (Å²) in [5, 5.41) is 9.71.